The van der Waals surface area contributed by atoms with Crippen LogP contribution in [0, 0.1) is 0 Å². The number of nitrogens with zero attached hydrogens (tertiary/aromatic N) is 1. The van der Waals surface area contributed by atoms with Crippen LogP contribution < -0.4 is 5.63 Å². The molecule has 0 unspecified atom stereocenters. The third-order valence-corrected chi connectivity index (χ3v) is 6.40. The van der Waals surface area contributed by atoms with Gasteiger partial charge in [-0.05, 0) is 66.8 Å². The SMILES string of the molecule is C=Cc1c(/C=C\C)c2cc(-c3ccc4c(c3)c(=O)oc3ccccc34)ccc2n1C(=C)/C=C\C=C/C. The highest BCUT2D eigenvalue weighted by Gasteiger charge is 2.16. The van der Waals surface area contributed by atoms with Gasteiger partial charge >= 0.3 is 5.63 Å². The molecule has 0 N–H and O–H groups in total. The summed E-state index contributed by atoms with van der Waals surface area (Å²) in [6, 6.07) is 20.0. The van der Waals surface area contributed by atoms with Gasteiger partial charge in [0.2, 0.25) is 0 Å². The molecule has 0 saturated carbocycles. The van der Waals surface area contributed by atoms with Crippen LogP contribution >= 0.6 is 0 Å². The van der Waals surface area contributed by atoms with E-state index in [0.29, 0.717) is 11.0 Å². The summed E-state index contributed by atoms with van der Waals surface area (Å²) in [6.45, 7) is 12.4. The highest BCUT2D eigenvalue weighted by atomic mass is 16.4. The van der Waals surface area contributed by atoms with Gasteiger partial charge in [0, 0.05) is 22.0 Å². The lowest BCUT2D eigenvalue weighted by molar-refractivity contribution is 0.569. The van der Waals surface area contributed by atoms with Crippen LogP contribution in [0.2, 0.25) is 0 Å². The van der Waals surface area contributed by atoms with Crippen LogP contribution in [-0.4, -0.2) is 4.57 Å². The summed E-state index contributed by atoms with van der Waals surface area (Å²) in [7, 11) is 0. The quantitative estimate of drug-likeness (QED) is 0.141. The average molecular weight is 470 g/mol. The molecule has 0 radical (unpaired) electrons. The summed E-state index contributed by atoms with van der Waals surface area (Å²) in [4.78, 5) is 12.8. The molecule has 0 fully saturated rings. The Morgan fingerprint density at radius 2 is 1.61 bits per heavy atom. The zero-order valence-corrected chi connectivity index (χ0v) is 20.5. The smallest absolute Gasteiger partial charge is 0.344 e. The van der Waals surface area contributed by atoms with Gasteiger partial charge < -0.3 is 8.98 Å². The number of benzene rings is 3. The van der Waals surface area contributed by atoms with Crippen molar-refractivity contribution >= 4 is 50.5 Å². The van der Waals surface area contributed by atoms with Crippen molar-refractivity contribution in [3.8, 4) is 11.1 Å². The van der Waals surface area contributed by atoms with Gasteiger partial charge in [0.25, 0.3) is 0 Å². The van der Waals surface area contributed by atoms with Gasteiger partial charge in [-0.2, -0.15) is 0 Å². The predicted octanol–water partition coefficient (Wildman–Crippen LogP) is 8.85. The average Bonchev–Trinajstić information content (AvgIpc) is 3.21. The van der Waals surface area contributed by atoms with Gasteiger partial charge in [-0.15, -0.1) is 0 Å². The van der Waals surface area contributed by atoms with Gasteiger partial charge in [0.05, 0.1) is 16.6 Å². The summed E-state index contributed by atoms with van der Waals surface area (Å²) in [5.41, 5.74) is 6.21. The molecule has 0 aliphatic carbocycles. The van der Waals surface area contributed by atoms with Gasteiger partial charge in [-0.1, -0.05) is 79.9 Å². The van der Waals surface area contributed by atoms with Gasteiger partial charge in [0.15, 0.2) is 0 Å². The molecule has 0 aliphatic heterocycles. The van der Waals surface area contributed by atoms with Crippen LogP contribution in [0.1, 0.15) is 25.1 Å². The number of hydrogen-bond donors (Lipinski definition) is 0. The van der Waals surface area contributed by atoms with Crippen molar-refractivity contribution in [1.82, 2.24) is 4.57 Å². The summed E-state index contributed by atoms with van der Waals surface area (Å²) < 4.78 is 7.71. The number of rotatable bonds is 6. The summed E-state index contributed by atoms with van der Waals surface area (Å²) in [5, 5.41) is 3.49. The highest BCUT2D eigenvalue weighted by molar-refractivity contribution is 6.06. The van der Waals surface area contributed by atoms with E-state index in [1.165, 1.54) is 0 Å². The Kier molecular flexibility index (Phi) is 6.14. The first kappa shape index (κ1) is 23.1. The first-order valence-electron chi connectivity index (χ1n) is 12.0. The molecular weight excluding hydrogens is 442 g/mol. The monoisotopic (exact) mass is 469 g/mol. The third kappa shape index (κ3) is 3.85. The van der Waals surface area contributed by atoms with Crippen molar-refractivity contribution in [3.63, 3.8) is 0 Å². The molecule has 176 valence electrons. The van der Waals surface area contributed by atoms with Crippen LogP contribution in [0.5, 0.6) is 0 Å². The van der Waals surface area contributed by atoms with Crippen molar-refractivity contribution < 1.29 is 4.42 Å². The molecular formula is C33H27NO2. The molecule has 2 heterocycles. The lowest BCUT2D eigenvalue weighted by Crippen LogP contribution is -2.00. The minimum Gasteiger partial charge on any atom is -0.422 e. The second-order valence-corrected chi connectivity index (χ2v) is 8.59. The minimum absolute atomic E-state index is 0.328. The van der Waals surface area contributed by atoms with Crippen molar-refractivity contribution in [1.29, 1.82) is 0 Å². The maximum Gasteiger partial charge on any atom is 0.344 e. The molecule has 0 aliphatic rings. The minimum atomic E-state index is -0.328. The van der Waals surface area contributed by atoms with E-state index in [1.54, 1.807) is 0 Å². The molecule has 5 rings (SSSR count). The van der Waals surface area contributed by atoms with E-state index in [1.807, 2.05) is 86.7 Å². The molecule has 0 saturated heterocycles. The lowest BCUT2D eigenvalue weighted by atomic mass is 9.98. The Bertz CT molecular complexity index is 1810. The van der Waals surface area contributed by atoms with Crippen molar-refractivity contribution in [2.24, 2.45) is 0 Å². The molecule has 0 bridgehead atoms. The summed E-state index contributed by atoms with van der Waals surface area (Å²) >= 11 is 0. The summed E-state index contributed by atoms with van der Waals surface area (Å²) in [6.07, 6.45) is 13.9. The molecule has 3 aromatic carbocycles. The maximum absolute atomic E-state index is 12.8. The number of allylic oxidation sites excluding steroid dienone is 6. The second-order valence-electron chi connectivity index (χ2n) is 8.59. The fraction of sp³-hybridized carbons (Fsp3) is 0.0606. The van der Waals surface area contributed by atoms with E-state index in [2.05, 4.69) is 48.1 Å². The predicted molar refractivity (Wildman–Crippen MR) is 155 cm³/mol. The molecule has 0 amide bonds. The zero-order chi connectivity index (χ0) is 25.2. The van der Waals surface area contributed by atoms with E-state index in [-0.39, 0.29) is 5.63 Å². The topological polar surface area (TPSA) is 35.1 Å². The summed E-state index contributed by atoms with van der Waals surface area (Å²) in [5.74, 6) is 0. The van der Waals surface area contributed by atoms with Crippen LogP contribution in [0.25, 0.3) is 61.6 Å². The van der Waals surface area contributed by atoms with Gasteiger partial charge in [-0.3, -0.25) is 0 Å². The van der Waals surface area contributed by atoms with Crippen LogP contribution in [-0.2, 0) is 0 Å². The van der Waals surface area contributed by atoms with Crippen molar-refractivity contribution in [2.75, 3.05) is 0 Å². The van der Waals surface area contributed by atoms with Gasteiger partial charge in [0.1, 0.15) is 5.58 Å². The molecule has 2 aromatic heterocycles. The van der Waals surface area contributed by atoms with Crippen molar-refractivity contribution in [3.05, 3.63) is 126 Å². The van der Waals surface area contributed by atoms with Crippen molar-refractivity contribution in [2.45, 2.75) is 13.8 Å². The van der Waals surface area contributed by atoms with Gasteiger partial charge in [-0.25, -0.2) is 4.79 Å². The largest absolute Gasteiger partial charge is 0.422 e. The normalized spacial score (nSPS) is 12.2. The molecule has 0 spiro atoms. The standard InChI is InChI=1S/C33H27NO2/c1-5-8-9-13-22(4)34-30(7-3)26(12-6-2)28-20-24(17-19-31(28)34)23-16-18-25-27-14-10-11-15-32(27)36-33(35)29(25)21-23/h5-21H,3-4H2,1-2H3/b8-5-,12-6-,13-9-. The Morgan fingerprint density at radius 3 is 2.36 bits per heavy atom. The molecule has 36 heavy (non-hydrogen) atoms. The number of fused-ring (bicyclic) bond motifs is 4. The van der Waals surface area contributed by atoms with E-state index >= 15 is 0 Å². The first-order chi connectivity index (χ1) is 17.6. The lowest BCUT2D eigenvalue weighted by Gasteiger charge is -2.09. The molecule has 5 aromatic rings. The Hall–Kier alpha value is -4.63. The molecule has 3 heteroatoms. The number of para-hydroxylation sites is 1. The number of hydrogen-bond acceptors (Lipinski definition) is 2. The Morgan fingerprint density at radius 1 is 0.861 bits per heavy atom. The second kappa shape index (κ2) is 9.55. The first-order valence-corrected chi connectivity index (χ1v) is 12.0. The molecule has 3 nitrogen and oxygen atoms in total. The zero-order valence-electron chi connectivity index (χ0n) is 20.5. The highest BCUT2D eigenvalue weighted by Crippen LogP contribution is 2.35. The van der Waals surface area contributed by atoms with E-state index in [9.17, 15) is 4.79 Å². The maximum atomic E-state index is 12.8. The third-order valence-electron chi connectivity index (χ3n) is 6.40. The van der Waals surface area contributed by atoms with Crippen LogP contribution in [0.3, 0.4) is 0 Å². The van der Waals surface area contributed by atoms with E-state index < -0.39 is 0 Å². The van der Waals surface area contributed by atoms with Crippen LogP contribution in [0.15, 0.2) is 113 Å². The molecule has 0 atom stereocenters. The fourth-order valence-corrected chi connectivity index (χ4v) is 4.78. The van der Waals surface area contributed by atoms with E-state index in [0.717, 1.165) is 49.8 Å². The van der Waals surface area contributed by atoms with Crippen LogP contribution in [0.4, 0.5) is 0 Å². The fourth-order valence-electron chi connectivity index (χ4n) is 4.78. The Balaban J connectivity index is 1.72. The Labute approximate surface area is 210 Å². The van der Waals surface area contributed by atoms with E-state index in [4.69, 9.17) is 4.42 Å². The number of aromatic nitrogens is 1.